The number of rotatable bonds is 4. The molecule has 0 amide bonds. The van der Waals surface area contributed by atoms with Crippen molar-refractivity contribution in [2.45, 2.75) is 26.4 Å². The molecule has 4 heteroatoms. The molecule has 0 spiro atoms. The second-order valence-corrected chi connectivity index (χ2v) is 3.08. The Hall–Kier alpha value is -1.45. The van der Waals surface area contributed by atoms with Gasteiger partial charge in [-0.25, -0.2) is 0 Å². The normalized spacial score (nSPS) is 12.2. The van der Waals surface area contributed by atoms with Crippen LogP contribution in [0.4, 0.5) is 5.69 Å². The lowest BCUT2D eigenvalue weighted by Crippen LogP contribution is -2.11. The minimum atomic E-state index is 0.149. The van der Waals surface area contributed by atoms with Crippen molar-refractivity contribution in [2.75, 3.05) is 12.8 Å². The lowest BCUT2D eigenvalue weighted by Gasteiger charge is -2.12. The fourth-order valence-corrected chi connectivity index (χ4v) is 0.953. The number of pyridine rings is 1. The van der Waals surface area contributed by atoms with Crippen molar-refractivity contribution in [1.29, 1.82) is 0 Å². The maximum absolute atomic E-state index is 5.62. The fraction of sp³-hybridized carbons (Fsp3) is 0.500. The molecule has 2 N–H and O–H groups in total. The molecule has 0 aromatic carbocycles. The molecule has 1 aromatic rings. The van der Waals surface area contributed by atoms with Crippen LogP contribution in [0.1, 0.15) is 20.3 Å². The fourth-order valence-electron chi connectivity index (χ4n) is 0.953. The molecule has 0 fully saturated rings. The van der Waals surface area contributed by atoms with Crippen LogP contribution in [0.15, 0.2) is 12.1 Å². The van der Waals surface area contributed by atoms with Crippen LogP contribution in [0.3, 0.4) is 0 Å². The molecule has 0 saturated heterocycles. The number of nitrogen functional groups attached to an aromatic ring is 1. The van der Waals surface area contributed by atoms with Crippen molar-refractivity contribution in [1.82, 2.24) is 4.98 Å². The topological polar surface area (TPSA) is 57.4 Å². The summed E-state index contributed by atoms with van der Waals surface area (Å²) < 4.78 is 10.5. The van der Waals surface area contributed by atoms with Crippen molar-refractivity contribution in [3.63, 3.8) is 0 Å². The van der Waals surface area contributed by atoms with Gasteiger partial charge in [-0.2, -0.15) is 4.98 Å². The van der Waals surface area contributed by atoms with Gasteiger partial charge >= 0.3 is 0 Å². The highest BCUT2D eigenvalue weighted by Gasteiger charge is 2.06. The zero-order valence-electron chi connectivity index (χ0n) is 8.78. The molecule has 14 heavy (non-hydrogen) atoms. The first-order chi connectivity index (χ1) is 6.67. The predicted octanol–water partition coefficient (Wildman–Crippen LogP) is 1.85. The van der Waals surface area contributed by atoms with Gasteiger partial charge in [-0.15, -0.1) is 0 Å². The quantitative estimate of drug-likeness (QED) is 0.798. The van der Waals surface area contributed by atoms with E-state index in [1.54, 1.807) is 12.1 Å². The van der Waals surface area contributed by atoms with E-state index in [-0.39, 0.29) is 6.10 Å². The maximum atomic E-state index is 5.62. The zero-order chi connectivity index (χ0) is 10.6. The number of hydrogen-bond donors (Lipinski definition) is 1. The summed E-state index contributed by atoms with van der Waals surface area (Å²) in [7, 11) is 1.53. The molecule has 1 unspecified atom stereocenters. The molecule has 0 aliphatic heterocycles. The van der Waals surface area contributed by atoms with Crippen LogP contribution in [0.5, 0.6) is 11.8 Å². The highest BCUT2D eigenvalue weighted by molar-refractivity contribution is 5.49. The first kappa shape index (κ1) is 10.6. The molecule has 1 heterocycles. The summed E-state index contributed by atoms with van der Waals surface area (Å²) in [5.74, 6) is 0.955. The average Bonchev–Trinajstić information content (AvgIpc) is 2.20. The van der Waals surface area contributed by atoms with Crippen LogP contribution in [0.25, 0.3) is 0 Å². The SMILES string of the molecule is CCC(C)Oc1ccc(N)c(OC)n1. The van der Waals surface area contributed by atoms with E-state index in [1.165, 1.54) is 7.11 Å². The van der Waals surface area contributed by atoms with E-state index in [4.69, 9.17) is 15.2 Å². The largest absolute Gasteiger partial charge is 0.479 e. The van der Waals surface area contributed by atoms with Crippen LogP contribution < -0.4 is 15.2 Å². The molecule has 1 aromatic heterocycles. The van der Waals surface area contributed by atoms with Crippen LogP contribution in [0, 0.1) is 0 Å². The van der Waals surface area contributed by atoms with E-state index >= 15 is 0 Å². The molecular formula is C10H16N2O2. The third-order valence-electron chi connectivity index (χ3n) is 1.95. The smallest absolute Gasteiger partial charge is 0.240 e. The number of hydrogen-bond acceptors (Lipinski definition) is 4. The summed E-state index contributed by atoms with van der Waals surface area (Å²) in [5.41, 5.74) is 6.14. The molecule has 0 radical (unpaired) electrons. The van der Waals surface area contributed by atoms with E-state index in [0.29, 0.717) is 17.4 Å². The Morgan fingerprint density at radius 2 is 2.21 bits per heavy atom. The summed E-state index contributed by atoms with van der Waals surface area (Å²) in [6, 6.07) is 3.47. The Morgan fingerprint density at radius 1 is 1.50 bits per heavy atom. The second-order valence-electron chi connectivity index (χ2n) is 3.08. The lowest BCUT2D eigenvalue weighted by atomic mass is 10.3. The second kappa shape index (κ2) is 4.69. The summed E-state index contributed by atoms with van der Waals surface area (Å²) in [6.07, 6.45) is 1.09. The van der Waals surface area contributed by atoms with Crippen molar-refractivity contribution < 1.29 is 9.47 Å². The molecule has 0 aliphatic carbocycles. The zero-order valence-corrected chi connectivity index (χ0v) is 8.78. The van der Waals surface area contributed by atoms with Crippen LogP contribution in [-0.2, 0) is 0 Å². The highest BCUT2D eigenvalue weighted by Crippen LogP contribution is 2.22. The molecule has 78 valence electrons. The Labute approximate surface area is 84.0 Å². The third kappa shape index (κ3) is 2.52. The molecular weight excluding hydrogens is 180 g/mol. The maximum Gasteiger partial charge on any atom is 0.240 e. The van der Waals surface area contributed by atoms with E-state index in [0.717, 1.165) is 6.42 Å². The summed E-state index contributed by atoms with van der Waals surface area (Å²) >= 11 is 0. The van der Waals surface area contributed by atoms with Crippen LogP contribution in [0.2, 0.25) is 0 Å². The molecule has 4 nitrogen and oxygen atoms in total. The van der Waals surface area contributed by atoms with Crippen molar-refractivity contribution in [2.24, 2.45) is 0 Å². The molecule has 0 bridgehead atoms. The van der Waals surface area contributed by atoms with E-state index < -0.39 is 0 Å². The van der Waals surface area contributed by atoms with Gasteiger partial charge in [0.1, 0.15) is 0 Å². The van der Waals surface area contributed by atoms with Crippen LogP contribution in [-0.4, -0.2) is 18.2 Å². The highest BCUT2D eigenvalue weighted by atomic mass is 16.5. The summed E-state index contributed by atoms with van der Waals surface area (Å²) in [6.45, 7) is 4.05. The van der Waals surface area contributed by atoms with Crippen molar-refractivity contribution >= 4 is 5.69 Å². The van der Waals surface area contributed by atoms with Crippen molar-refractivity contribution in [3.8, 4) is 11.8 Å². The van der Waals surface area contributed by atoms with Gasteiger partial charge in [0.2, 0.25) is 11.8 Å². The van der Waals surface area contributed by atoms with E-state index in [1.807, 2.05) is 6.92 Å². The average molecular weight is 196 g/mol. The molecule has 0 aliphatic rings. The molecule has 1 atom stereocenters. The van der Waals surface area contributed by atoms with Gasteiger partial charge < -0.3 is 15.2 Å². The minimum Gasteiger partial charge on any atom is -0.479 e. The third-order valence-corrected chi connectivity index (χ3v) is 1.95. The van der Waals surface area contributed by atoms with Gasteiger partial charge in [0, 0.05) is 6.07 Å². The Balaban J connectivity index is 2.79. The Kier molecular flexibility index (Phi) is 3.56. The standard InChI is InChI=1S/C10H16N2O2/c1-4-7(2)14-9-6-5-8(11)10(12-9)13-3/h5-7H,4,11H2,1-3H3. The Morgan fingerprint density at radius 3 is 2.79 bits per heavy atom. The van der Waals surface area contributed by atoms with Crippen molar-refractivity contribution in [3.05, 3.63) is 12.1 Å². The first-order valence-electron chi connectivity index (χ1n) is 4.64. The molecule has 1 rings (SSSR count). The summed E-state index contributed by atoms with van der Waals surface area (Å²) in [5, 5.41) is 0. The Bertz CT molecular complexity index is 302. The predicted molar refractivity (Wildman–Crippen MR) is 55.6 cm³/mol. The van der Waals surface area contributed by atoms with Gasteiger partial charge in [0.15, 0.2) is 0 Å². The van der Waals surface area contributed by atoms with E-state index in [2.05, 4.69) is 11.9 Å². The summed E-state index contributed by atoms with van der Waals surface area (Å²) in [4.78, 5) is 4.11. The number of anilines is 1. The van der Waals surface area contributed by atoms with Gasteiger partial charge in [0.05, 0.1) is 18.9 Å². The van der Waals surface area contributed by atoms with Gasteiger partial charge in [0.25, 0.3) is 0 Å². The number of ether oxygens (including phenoxy) is 2. The van der Waals surface area contributed by atoms with Crippen LogP contribution >= 0.6 is 0 Å². The first-order valence-corrected chi connectivity index (χ1v) is 4.64. The number of aromatic nitrogens is 1. The number of nitrogens with zero attached hydrogens (tertiary/aromatic N) is 1. The number of methoxy groups -OCH3 is 1. The van der Waals surface area contributed by atoms with Gasteiger partial charge in [-0.3, -0.25) is 0 Å². The minimum absolute atomic E-state index is 0.149. The molecule has 0 saturated carbocycles. The number of nitrogens with two attached hydrogens (primary N) is 1. The van der Waals surface area contributed by atoms with E-state index in [9.17, 15) is 0 Å². The lowest BCUT2D eigenvalue weighted by molar-refractivity contribution is 0.206. The van der Waals surface area contributed by atoms with Gasteiger partial charge in [-0.1, -0.05) is 6.92 Å². The van der Waals surface area contributed by atoms with Gasteiger partial charge in [-0.05, 0) is 19.4 Å². The monoisotopic (exact) mass is 196 g/mol.